The molecular formula is C18H20BrNO. The Balaban J connectivity index is 2.40. The highest BCUT2D eigenvalue weighted by Crippen LogP contribution is 2.25. The van der Waals surface area contributed by atoms with E-state index in [1.54, 1.807) is 6.92 Å². The van der Waals surface area contributed by atoms with Crippen LogP contribution in [0.25, 0.3) is 0 Å². The third-order valence-corrected chi connectivity index (χ3v) is 4.18. The van der Waals surface area contributed by atoms with Gasteiger partial charge >= 0.3 is 0 Å². The molecule has 0 radical (unpaired) electrons. The molecule has 0 fully saturated rings. The topological polar surface area (TPSA) is 20.3 Å². The van der Waals surface area contributed by atoms with Gasteiger partial charge in [0.25, 0.3) is 0 Å². The summed E-state index contributed by atoms with van der Waals surface area (Å²) in [5.41, 5.74) is 4.55. The number of benzene rings is 2. The molecule has 0 N–H and O–H groups in total. The second kappa shape index (κ2) is 6.90. The number of anilines is 1. The zero-order valence-corrected chi connectivity index (χ0v) is 14.3. The normalized spacial score (nSPS) is 10.5. The maximum atomic E-state index is 12.1. The van der Waals surface area contributed by atoms with E-state index in [-0.39, 0.29) is 5.91 Å². The van der Waals surface area contributed by atoms with Crippen LogP contribution >= 0.6 is 15.9 Å². The highest BCUT2D eigenvalue weighted by atomic mass is 79.9. The molecule has 0 bridgehead atoms. The number of hydrogen-bond donors (Lipinski definition) is 0. The lowest BCUT2D eigenvalue weighted by atomic mass is 10.1. The quantitative estimate of drug-likeness (QED) is 0.773. The van der Waals surface area contributed by atoms with Crippen LogP contribution in [0.4, 0.5) is 5.69 Å². The van der Waals surface area contributed by atoms with E-state index >= 15 is 0 Å². The largest absolute Gasteiger partial charge is 0.308 e. The van der Waals surface area contributed by atoms with Crippen LogP contribution in [0.15, 0.2) is 46.9 Å². The van der Waals surface area contributed by atoms with Gasteiger partial charge in [0.2, 0.25) is 5.91 Å². The smallest absolute Gasteiger partial charge is 0.224 e. The Bertz CT molecular complexity index is 651. The van der Waals surface area contributed by atoms with Crippen LogP contribution < -0.4 is 4.90 Å². The molecule has 110 valence electrons. The first-order chi connectivity index (χ1) is 10.0. The minimum atomic E-state index is 0.0651. The highest BCUT2D eigenvalue weighted by molar-refractivity contribution is 9.10. The SMILES string of the molecule is CCc1ccccc1N(Cc1cc(Br)ccc1C)C(C)=O. The van der Waals surface area contributed by atoms with Gasteiger partial charge in [-0.1, -0.05) is 47.1 Å². The predicted octanol–water partition coefficient (Wildman–Crippen LogP) is 4.87. The number of nitrogens with zero attached hydrogens (tertiary/aromatic N) is 1. The number of para-hydroxylation sites is 1. The molecule has 2 aromatic rings. The average molecular weight is 346 g/mol. The van der Waals surface area contributed by atoms with Crippen molar-refractivity contribution in [3.63, 3.8) is 0 Å². The second-order valence-electron chi connectivity index (χ2n) is 5.16. The number of carbonyl (C=O) groups is 1. The zero-order valence-electron chi connectivity index (χ0n) is 12.7. The molecule has 0 atom stereocenters. The van der Waals surface area contributed by atoms with Gasteiger partial charge in [-0.05, 0) is 48.2 Å². The van der Waals surface area contributed by atoms with Crippen molar-refractivity contribution in [2.24, 2.45) is 0 Å². The molecule has 2 rings (SSSR count). The Kier molecular flexibility index (Phi) is 5.18. The average Bonchev–Trinajstić information content (AvgIpc) is 2.47. The van der Waals surface area contributed by atoms with Gasteiger partial charge in [0.05, 0.1) is 6.54 Å². The third-order valence-electron chi connectivity index (χ3n) is 3.68. The summed E-state index contributed by atoms with van der Waals surface area (Å²) in [5.74, 6) is 0.0651. The Labute approximate surface area is 134 Å². The van der Waals surface area contributed by atoms with E-state index in [4.69, 9.17) is 0 Å². The summed E-state index contributed by atoms with van der Waals surface area (Å²) in [4.78, 5) is 14.0. The minimum Gasteiger partial charge on any atom is -0.308 e. The summed E-state index contributed by atoms with van der Waals surface area (Å²) >= 11 is 3.50. The molecule has 0 heterocycles. The van der Waals surface area contributed by atoms with E-state index < -0.39 is 0 Å². The van der Waals surface area contributed by atoms with Crippen LogP contribution in [-0.4, -0.2) is 5.91 Å². The molecule has 0 aliphatic rings. The van der Waals surface area contributed by atoms with Gasteiger partial charge in [-0.25, -0.2) is 0 Å². The fourth-order valence-electron chi connectivity index (χ4n) is 2.42. The lowest BCUT2D eigenvalue weighted by Gasteiger charge is -2.24. The molecular weight excluding hydrogens is 326 g/mol. The van der Waals surface area contributed by atoms with Crippen molar-refractivity contribution in [3.05, 3.63) is 63.6 Å². The molecule has 1 amide bonds. The number of halogens is 1. The summed E-state index contributed by atoms with van der Waals surface area (Å²) in [6.07, 6.45) is 0.914. The summed E-state index contributed by atoms with van der Waals surface area (Å²) in [6, 6.07) is 14.3. The molecule has 3 heteroatoms. The summed E-state index contributed by atoms with van der Waals surface area (Å²) in [5, 5.41) is 0. The highest BCUT2D eigenvalue weighted by Gasteiger charge is 2.16. The van der Waals surface area contributed by atoms with Gasteiger partial charge in [-0.15, -0.1) is 0 Å². The van der Waals surface area contributed by atoms with Crippen molar-refractivity contribution >= 4 is 27.5 Å². The Morgan fingerprint density at radius 1 is 1.14 bits per heavy atom. The lowest BCUT2D eigenvalue weighted by Crippen LogP contribution is -2.29. The zero-order chi connectivity index (χ0) is 15.4. The summed E-state index contributed by atoms with van der Waals surface area (Å²) in [7, 11) is 0. The molecule has 0 saturated heterocycles. The second-order valence-corrected chi connectivity index (χ2v) is 6.07. The monoisotopic (exact) mass is 345 g/mol. The van der Waals surface area contributed by atoms with Crippen molar-refractivity contribution in [3.8, 4) is 0 Å². The minimum absolute atomic E-state index is 0.0651. The Morgan fingerprint density at radius 3 is 2.52 bits per heavy atom. The first kappa shape index (κ1) is 15.8. The maximum absolute atomic E-state index is 12.1. The van der Waals surface area contributed by atoms with Crippen molar-refractivity contribution < 1.29 is 4.79 Å². The number of hydrogen-bond acceptors (Lipinski definition) is 1. The summed E-state index contributed by atoms with van der Waals surface area (Å²) in [6.45, 7) is 6.41. The van der Waals surface area contributed by atoms with Gasteiger partial charge in [0.1, 0.15) is 0 Å². The molecule has 0 unspecified atom stereocenters. The molecule has 21 heavy (non-hydrogen) atoms. The Morgan fingerprint density at radius 2 is 1.86 bits per heavy atom. The maximum Gasteiger partial charge on any atom is 0.224 e. The molecule has 2 nitrogen and oxygen atoms in total. The van der Waals surface area contributed by atoms with Gasteiger partial charge < -0.3 is 4.90 Å². The van der Waals surface area contributed by atoms with Gasteiger partial charge in [0.15, 0.2) is 0 Å². The van der Waals surface area contributed by atoms with E-state index in [1.807, 2.05) is 29.2 Å². The summed E-state index contributed by atoms with van der Waals surface area (Å²) < 4.78 is 1.04. The van der Waals surface area contributed by atoms with Crippen molar-refractivity contribution in [2.45, 2.75) is 33.7 Å². The van der Waals surface area contributed by atoms with Gasteiger partial charge in [-0.2, -0.15) is 0 Å². The van der Waals surface area contributed by atoms with Crippen molar-refractivity contribution in [2.75, 3.05) is 4.90 Å². The van der Waals surface area contributed by atoms with E-state index in [2.05, 4.69) is 48.0 Å². The van der Waals surface area contributed by atoms with Crippen molar-refractivity contribution in [1.29, 1.82) is 0 Å². The van der Waals surface area contributed by atoms with Gasteiger partial charge in [0, 0.05) is 17.1 Å². The molecule has 0 saturated carbocycles. The first-order valence-electron chi connectivity index (χ1n) is 7.14. The van der Waals surface area contributed by atoms with Gasteiger partial charge in [-0.3, -0.25) is 4.79 Å². The molecule has 0 aliphatic carbocycles. The van der Waals surface area contributed by atoms with E-state index in [0.29, 0.717) is 6.54 Å². The van der Waals surface area contributed by atoms with E-state index in [9.17, 15) is 4.79 Å². The van der Waals surface area contributed by atoms with Crippen LogP contribution in [0.1, 0.15) is 30.5 Å². The van der Waals surface area contributed by atoms with Crippen LogP contribution in [0.5, 0.6) is 0 Å². The van der Waals surface area contributed by atoms with Crippen LogP contribution in [-0.2, 0) is 17.8 Å². The lowest BCUT2D eigenvalue weighted by molar-refractivity contribution is -0.116. The number of carbonyl (C=O) groups excluding carboxylic acids is 1. The Hall–Kier alpha value is -1.61. The number of amides is 1. The molecule has 2 aromatic carbocycles. The fourth-order valence-corrected chi connectivity index (χ4v) is 2.83. The van der Waals surface area contributed by atoms with Crippen molar-refractivity contribution in [1.82, 2.24) is 0 Å². The number of aryl methyl sites for hydroxylation is 2. The van der Waals surface area contributed by atoms with Crippen LogP contribution in [0, 0.1) is 6.92 Å². The van der Waals surface area contributed by atoms with E-state index in [0.717, 1.165) is 22.1 Å². The molecule has 0 aromatic heterocycles. The van der Waals surface area contributed by atoms with E-state index in [1.165, 1.54) is 11.1 Å². The van der Waals surface area contributed by atoms with Crippen LogP contribution in [0.2, 0.25) is 0 Å². The molecule has 0 spiro atoms. The fraction of sp³-hybridized carbons (Fsp3) is 0.278. The first-order valence-corrected chi connectivity index (χ1v) is 7.93. The van der Waals surface area contributed by atoms with Crippen LogP contribution in [0.3, 0.4) is 0 Å². The third kappa shape index (κ3) is 3.73. The predicted molar refractivity (Wildman–Crippen MR) is 91.6 cm³/mol. The standard InChI is InChI=1S/C18H20BrNO/c1-4-15-7-5-6-8-18(15)20(14(3)21)12-16-11-17(19)10-9-13(16)2/h5-11H,4,12H2,1-3H3. The number of rotatable bonds is 4. The molecule has 0 aliphatic heterocycles.